The summed E-state index contributed by atoms with van der Waals surface area (Å²) < 4.78 is 28.7. The molecule has 0 aliphatic heterocycles. The summed E-state index contributed by atoms with van der Waals surface area (Å²) in [5, 5.41) is 9.69. The van der Waals surface area contributed by atoms with Crippen LogP contribution < -0.4 is 10.5 Å². The lowest BCUT2D eigenvalue weighted by molar-refractivity contribution is 0.601. The second kappa shape index (κ2) is 5.50. The Morgan fingerprint density at radius 3 is 2.48 bits per heavy atom. The highest BCUT2D eigenvalue weighted by Crippen LogP contribution is 2.30. The number of benzene rings is 2. The third kappa shape index (κ3) is 2.70. The minimum absolute atomic E-state index is 0.0805. The number of hydrogen-bond acceptors (Lipinski definition) is 4. The molecule has 116 valence electrons. The first-order valence-corrected chi connectivity index (χ1v) is 8.33. The first-order valence-electron chi connectivity index (χ1n) is 6.51. The molecule has 0 aliphatic carbocycles. The maximum atomic E-state index is 12.5. The van der Waals surface area contributed by atoms with Crippen molar-refractivity contribution in [2.45, 2.75) is 4.90 Å². The van der Waals surface area contributed by atoms with Gasteiger partial charge in [0.15, 0.2) is 0 Å². The van der Waals surface area contributed by atoms with Crippen LogP contribution in [0.5, 0.6) is 0 Å². The summed E-state index contributed by atoms with van der Waals surface area (Å²) in [5.41, 5.74) is 7.16. The van der Waals surface area contributed by atoms with Gasteiger partial charge in [-0.05, 0) is 42.5 Å². The number of nitrogens with zero attached hydrogens (tertiary/aromatic N) is 2. The average Bonchev–Trinajstić information content (AvgIpc) is 2.90. The Balaban J connectivity index is 2.10. The van der Waals surface area contributed by atoms with Crippen LogP contribution in [0.25, 0.3) is 10.9 Å². The Bertz CT molecular complexity index is 1030. The van der Waals surface area contributed by atoms with Crippen LogP contribution in [0.15, 0.2) is 53.6 Å². The normalized spacial score (nSPS) is 11.3. The summed E-state index contributed by atoms with van der Waals surface area (Å²) in [6.45, 7) is 0. The molecule has 23 heavy (non-hydrogen) atoms. The Morgan fingerprint density at radius 1 is 1.13 bits per heavy atom. The van der Waals surface area contributed by atoms with Gasteiger partial charge in [-0.2, -0.15) is 5.26 Å². The number of nitriles is 1. The fourth-order valence-electron chi connectivity index (χ4n) is 2.25. The standard InChI is InChI=1S/C15H11ClN4O2S/c16-20-8-7-13-10(9-17)1-6-14(15(13)20)19-23(21,22)12-4-2-11(18)3-5-12/h1-8,19H,18H2. The Morgan fingerprint density at radius 2 is 1.83 bits per heavy atom. The van der Waals surface area contributed by atoms with Crippen LogP contribution in [0.2, 0.25) is 0 Å². The number of nitrogens with two attached hydrogens (primary N) is 1. The van der Waals surface area contributed by atoms with Crippen molar-refractivity contribution in [2.75, 3.05) is 10.5 Å². The van der Waals surface area contributed by atoms with Gasteiger partial charge in [-0.1, -0.05) is 0 Å². The molecule has 0 bridgehead atoms. The average molecular weight is 347 g/mol. The van der Waals surface area contributed by atoms with Crippen molar-refractivity contribution in [3.8, 4) is 6.07 Å². The number of sulfonamides is 1. The summed E-state index contributed by atoms with van der Waals surface area (Å²) in [4.78, 5) is 0.0805. The highest BCUT2D eigenvalue weighted by atomic mass is 35.5. The molecule has 0 spiro atoms. The topological polar surface area (TPSA) is 101 Å². The van der Waals surface area contributed by atoms with Gasteiger partial charge in [0.05, 0.1) is 27.7 Å². The summed E-state index contributed by atoms with van der Waals surface area (Å²) in [7, 11) is -3.80. The number of hydrogen-bond donors (Lipinski definition) is 2. The number of anilines is 2. The molecule has 2 aromatic carbocycles. The monoisotopic (exact) mass is 346 g/mol. The van der Waals surface area contributed by atoms with E-state index in [9.17, 15) is 8.42 Å². The van der Waals surface area contributed by atoms with E-state index < -0.39 is 10.0 Å². The van der Waals surface area contributed by atoms with Gasteiger partial charge < -0.3 is 5.73 Å². The van der Waals surface area contributed by atoms with Crippen LogP contribution in [0, 0.1) is 11.3 Å². The molecule has 0 unspecified atom stereocenters. The number of rotatable bonds is 3. The van der Waals surface area contributed by atoms with Crippen LogP contribution >= 0.6 is 11.8 Å². The van der Waals surface area contributed by atoms with E-state index in [1.165, 1.54) is 34.4 Å². The van der Waals surface area contributed by atoms with Crippen molar-refractivity contribution in [1.82, 2.24) is 4.09 Å². The van der Waals surface area contributed by atoms with Gasteiger partial charge in [0.25, 0.3) is 10.0 Å². The van der Waals surface area contributed by atoms with E-state index in [2.05, 4.69) is 4.72 Å². The van der Waals surface area contributed by atoms with Gasteiger partial charge in [-0.3, -0.25) is 8.81 Å². The van der Waals surface area contributed by atoms with E-state index in [0.717, 1.165) is 0 Å². The fraction of sp³-hybridized carbons (Fsp3) is 0. The molecule has 8 heteroatoms. The summed E-state index contributed by atoms with van der Waals surface area (Å²) in [6, 6.07) is 12.6. The molecule has 6 nitrogen and oxygen atoms in total. The summed E-state index contributed by atoms with van der Waals surface area (Å²) >= 11 is 6.06. The predicted octanol–water partition coefficient (Wildman–Crippen LogP) is 2.90. The van der Waals surface area contributed by atoms with Crippen molar-refractivity contribution < 1.29 is 8.42 Å². The lowest BCUT2D eigenvalue weighted by Crippen LogP contribution is -2.13. The Kier molecular flexibility index (Phi) is 3.64. The minimum Gasteiger partial charge on any atom is -0.399 e. The molecule has 1 heterocycles. The van der Waals surface area contributed by atoms with Crippen molar-refractivity contribution in [2.24, 2.45) is 0 Å². The van der Waals surface area contributed by atoms with Crippen LogP contribution in [-0.2, 0) is 10.0 Å². The molecule has 3 aromatic rings. The number of nitrogens with one attached hydrogen (secondary N) is 1. The van der Waals surface area contributed by atoms with E-state index in [4.69, 9.17) is 22.8 Å². The quantitative estimate of drug-likeness (QED) is 0.712. The maximum Gasteiger partial charge on any atom is 0.261 e. The molecule has 3 N–H and O–H groups in total. The van der Waals surface area contributed by atoms with Gasteiger partial charge in [-0.25, -0.2) is 8.42 Å². The third-order valence-corrected chi connectivity index (χ3v) is 5.02. The van der Waals surface area contributed by atoms with Crippen LogP contribution in [-0.4, -0.2) is 12.5 Å². The van der Waals surface area contributed by atoms with Crippen LogP contribution in [0.4, 0.5) is 11.4 Å². The largest absolute Gasteiger partial charge is 0.399 e. The highest BCUT2D eigenvalue weighted by Gasteiger charge is 2.18. The molecule has 0 saturated heterocycles. The lowest BCUT2D eigenvalue weighted by Gasteiger charge is -2.11. The summed E-state index contributed by atoms with van der Waals surface area (Å²) in [5.74, 6) is 0. The first kappa shape index (κ1) is 15.2. The van der Waals surface area contributed by atoms with E-state index in [1.54, 1.807) is 18.3 Å². The zero-order valence-corrected chi connectivity index (χ0v) is 13.3. The molecule has 0 amide bonds. The first-order chi connectivity index (χ1) is 10.9. The molecule has 3 rings (SSSR count). The zero-order chi connectivity index (χ0) is 16.6. The predicted molar refractivity (Wildman–Crippen MR) is 89.6 cm³/mol. The molecular formula is C15H11ClN4O2S. The van der Waals surface area contributed by atoms with Crippen molar-refractivity contribution in [1.29, 1.82) is 5.26 Å². The molecule has 0 saturated carbocycles. The number of fused-ring (bicyclic) bond motifs is 1. The summed E-state index contributed by atoms with van der Waals surface area (Å²) in [6.07, 6.45) is 1.55. The van der Waals surface area contributed by atoms with Gasteiger partial charge in [0, 0.05) is 29.0 Å². The number of nitrogen functional groups attached to an aromatic ring is 1. The van der Waals surface area contributed by atoms with Gasteiger partial charge in [0.1, 0.15) is 0 Å². The van der Waals surface area contributed by atoms with Gasteiger partial charge >= 0.3 is 0 Å². The second-order valence-electron chi connectivity index (χ2n) is 4.84. The SMILES string of the molecule is N#Cc1ccc(NS(=O)(=O)c2ccc(N)cc2)c2c1ccn2Cl. The van der Waals surface area contributed by atoms with Crippen molar-refractivity contribution in [3.63, 3.8) is 0 Å². The molecule has 0 fully saturated rings. The Hall–Kier alpha value is -2.69. The van der Waals surface area contributed by atoms with E-state index >= 15 is 0 Å². The minimum atomic E-state index is -3.80. The lowest BCUT2D eigenvalue weighted by atomic mass is 10.1. The van der Waals surface area contributed by atoms with E-state index in [0.29, 0.717) is 22.2 Å². The molecule has 0 radical (unpaired) electrons. The third-order valence-electron chi connectivity index (χ3n) is 3.36. The van der Waals surface area contributed by atoms with Crippen LogP contribution in [0.3, 0.4) is 0 Å². The molecule has 0 aliphatic rings. The van der Waals surface area contributed by atoms with Gasteiger partial charge in [0.2, 0.25) is 0 Å². The maximum absolute atomic E-state index is 12.5. The number of aromatic nitrogens is 1. The fourth-order valence-corrected chi connectivity index (χ4v) is 3.56. The smallest absolute Gasteiger partial charge is 0.261 e. The molecule has 0 atom stereocenters. The van der Waals surface area contributed by atoms with Gasteiger partial charge in [-0.15, -0.1) is 0 Å². The van der Waals surface area contributed by atoms with E-state index in [-0.39, 0.29) is 10.6 Å². The molecule has 1 aromatic heterocycles. The van der Waals surface area contributed by atoms with Crippen LogP contribution in [0.1, 0.15) is 5.56 Å². The zero-order valence-electron chi connectivity index (χ0n) is 11.7. The van der Waals surface area contributed by atoms with E-state index in [1.807, 2.05) is 6.07 Å². The Labute approximate surface area is 137 Å². The highest BCUT2D eigenvalue weighted by molar-refractivity contribution is 7.92. The van der Waals surface area contributed by atoms with Crippen molar-refractivity contribution in [3.05, 3.63) is 54.2 Å². The second-order valence-corrected chi connectivity index (χ2v) is 6.88. The van der Waals surface area contributed by atoms with Crippen molar-refractivity contribution >= 4 is 44.1 Å². The molecular weight excluding hydrogens is 336 g/mol. The number of halogens is 1.